The van der Waals surface area contributed by atoms with Crippen LogP contribution in [0.1, 0.15) is 17.2 Å². The number of hydrogen-bond acceptors (Lipinski definition) is 3. The van der Waals surface area contributed by atoms with Crippen LogP contribution < -0.4 is 4.90 Å². The normalized spacial score (nSPS) is 19.1. The molecule has 2 aromatic carbocycles. The van der Waals surface area contributed by atoms with Crippen molar-refractivity contribution >= 4 is 17.4 Å². The number of likely N-dealkylation sites (tertiary alicyclic amines) is 1. The van der Waals surface area contributed by atoms with Crippen molar-refractivity contribution < 1.29 is 24.0 Å². The van der Waals surface area contributed by atoms with Crippen molar-refractivity contribution in [1.29, 1.82) is 0 Å². The first-order valence-electron chi connectivity index (χ1n) is 8.79. The molecule has 27 heavy (non-hydrogen) atoms. The highest BCUT2D eigenvalue weighted by atomic mass is 19.1. The monoisotopic (exact) mass is 369 g/mol. The van der Waals surface area contributed by atoms with E-state index in [9.17, 15) is 19.1 Å². The van der Waals surface area contributed by atoms with Gasteiger partial charge in [0, 0.05) is 11.1 Å². The number of aliphatic hydroxyl groups is 1. The molecule has 5 nitrogen and oxygen atoms in total. The van der Waals surface area contributed by atoms with E-state index in [1.807, 2.05) is 14.1 Å². The summed E-state index contributed by atoms with van der Waals surface area (Å²) in [6, 6.07) is 13.6. The van der Waals surface area contributed by atoms with Crippen molar-refractivity contribution in [2.45, 2.75) is 6.04 Å². The van der Waals surface area contributed by atoms with Crippen molar-refractivity contribution in [3.63, 3.8) is 0 Å². The zero-order valence-corrected chi connectivity index (χ0v) is 15.3. The molecule has 1 fully saturated rings. The van der Waals surface area contributed by atoms with Crippen LogP contribution in [0, 0.1) is 5.82 Å². The first-order valence-corrected chi connectivity index (χ1v) is 8.79. The fourth-order valence-corrected chi connectivity index (χ4v) is 3.23. The van der Waals surface area contributed by atoms with E-state index in [1.165, 1.54) is 11.0 Å². The SMILES string of the molecule is C[NH+](C)CCN1C(=O)C(=O)C(=C(O)c2ccccc2)[C@@H]1c1ccccc1F. The summed E-state index contributed by atoms with van der Waals surface area (Å²) in [5, 5.41) is 10.8. The number of nitrogens with zero attached hydrogens (tertiary/aromatic N) is 1. The smallest absolute Gasteiger partial charge is 0.295 e. The van der Waals surface area contributed by atoms with Gasteiger partial charge in [-0.25, -0.2) is 4.39 Å². The second kappa shape index (κ2) is 7.72. The van der Waals surface area contributed by atoms with Gasteiger partial charge in [0.2, 0.25) is 0 Å². The number of carbonyl (C=O) groups excluding carboxylic acids is 2. The highest BCUT2D eigenvalue weighted by Gasteiger charge is 2.47. The second-order valence-electron chi connectivity index (χ2n) is 6.84. The molecule has 1 saturated heterocycles. The van der Waals surface area contributed by atoms with Crippen LogP contribution in [-0.2, 0) is 9.59 Å². The number of benzene rings is 2. The summed E-state index contributed by atoms with van der Waals surface area (Å²) in [7, 11) is 3.86. The predicted molar refractivity (Wildman–Crippen MR) is 99.5 cm³/mol. The zero-order chi connectivity index (χ0) is 19.6. The van der Waals surface area contributed by atoms with E-state index in [1.54, 1.807) is 48.5 Å². The van der Waals surface area contributed by atoms with Gasteiger partial charge in [0.1, 0.15) is 11.6 Å². The maximum absolute atomic E-state index is 14.5. The number of likely N-dealkylation sites (N-methyl/N-ethyl adjacent to an activating group) is 1. The minimum absolute atomic E-state index is 0.0787. The lowest BCUT2D eigenvalue weighted by molar-refractivity contribution is -0.857. The Bertz CT molecular complexity index is 893. The van der Waals surface area contributed by atoms with Gasteiger partial charge in [0.05, 0.1) is 38.8 Å². The summed E-state index contributed by atoms with van der Waals surface area (Å²) in [6.07, 6.45) is 0. The van der Waals surface area contributed by atoms with Gasteiger partial charge in [-0.15, -0.1) is 0 Å². The Morgan fingerprint density at radius 2 is 1.70 bits per heavy atom. The summed E-state index contributed by atoms with van der Waals surface area (Å²) in [4.78, 5) is 27.8. The Hall–Kier alpha value is -2.99. The third-order valence-corrected chi connectivity index (χ3v) is 4.64. The number of aliphatic hydroxyl groups excluding tert-OH is 1. The van der Waals surface area contributed by atoms with E-state index in [0.29, 0.717) is 12.1 Å². The Balaban J connectivity index is 2.17. The van der Waals surface area contributed by atoms with Crippen molar-refractivity contribution in [3.8, 4) is 0 Å². The second-order valence-corrected chi connectivity index (χ2v) is 6.84. The molecule has 0 bridgehead atoms. The number of carbonyl (C=O) groups is 2. The van der Waals surface area contributed by atoms with E-state index in [0.717, 1.165) is 4.90 Å². The molecule has 3 rings (SSSR count). The maximum atomic E-state index is 14.5. The molecule has 1 aliphatic rings. The van der Waals surface area contributed by atoms with E-state index in [-0.39, 0.29) is 23.4 Å². The van der Waals surface area contributed by atoms with Gasteiger partial charge >= 0.3 is 0 Å². The number of quaternary nitrogens is 1. The molecule has 0 spiro atoms. The number of amides is 1. The molecule has 1 amide bonds. The van der Waals surface area contributed by atoms with Gasteiger partial charge in [0.25, 0.3) is 11.7 Å². The first-order chi connectivity index (χ1) is 12.9. The zero-order valence-electron chi connectivity index (χ0n) is 15.3. The summed E-state index contributed by atoms with van der Waals surface area (Å²) >= 11 is 0. The molecule has 0 aromatic heterocycles. The number of ketones is 1. The van der Waals surface area contributed by atoms with Crippen molar-refractivity contribution in [1.82, 2.24) is 4.90 Å². The molecule has 0 aliphatic carbocycles. The minimum Gasteiger partial charge on any atom is -0.507 e. The van der Waals surface area contributed by atoms with E-state index < -0.39 is 23.5 Å². The molecule has 1 atom stereocenters. The van der Waals surface area contributed by atoms with Gasteiger partial charge in [-0.05, 0) is 6.07 Å². The summed E-state index contributed by atoms with van der Waals surface area (Å²) in [5.41, 5.74) is 0.531. The molecular formula is C21H22FN2O3+. The lowest BCUT2D eigenvalue weighted by Crippen LogP contribution is -3.06. The Morgan fingerprint density at radius 3 is 2.33 bits per heavy atom. The van der Waals surface area contributed by atoms with Crippen molar-refractivity contribution in [2.75, 3.05) is 27.2 Å². The quantitative estimate of drug-likeness (QED) is 0.476. The van der Waals surface area contributed by atoms with E-state index >= 15 is 0 Å². The molecule has 140 valence electrons. The van der Waals surface area contributed by atoms with E-state index in [2.05, 4.69) is 0 Å². The van der Waals surface area contributed by atoms with Crippen LogP contribution >= 0.6 is 0 Å². The topological polar surface area (TPSA) is 62.0 Å². The number of halogens is 1. The summed E-state index contributed by atoms with van der Waals surface area (Å²) < 4.78 is 14.5. The van der Waals surface area contributed by atoms with Gasteiger partial charge in [-0.3, -0.25) is 9.59 Å². The van der Waals surface area contributed by atoms with Gasteiger partial charge in [-0.2, -0.15) is 0 Å². The summed E-state index contributed by atoms with van der Waals surface area (Å²) in [6.45, 7) is 0.862. The number of rotatable bonds is 5. The van der Waals surface area contributed by atoms with Crippen molar-refractivity contribution in [3.05, 3.63) is 77.1 Å². The van der Waals surface area contributed by atoms with Crippen LogP contribution in [0.25, 0.3) is 5.76 Å². The lowest BCUT2D eigenvalue weighted by Gasteiger charge is -2.25. The molecule has 0 saturated carbocycles. The number of hydrogen-bond donors (Lipinski definition) is 2. The third-order valence-electron chi connectivity index (χ3n) is 4.64. The minimum atomic E-state index is -0.953. The molecule has 2 aromatic rings. The maximum Gasteiger partial charge on any atom is 0.295 e. The van der Waals surface area contributed by atoms with Gasteiger partial charge in [-0.1, -0.05) is 48.5 Å². The first kappa shape index (κ1) is 18.8. The highest BCUT2D eigenvalue weighted by Crippen LogP contribution is 2.39. The Morgan fingerprint density at radius 1 is 1.07 bits per heavy atom. The average molecular weight is 369 g/mol. The molecule has 2 N–H and O–H groups in total. The van der Waals surface area contributed by atoms with Crippen LogP contribution in [0.2, 0.25) is 0 Å². The van der Waals surface area contributed by atoms with Crippen LogP contribution in [0.3, 0.4) is 0 Å². The summed E-state index contributed by atoms with van der Waals surface area (Å²) in [5.74, 6) is -2.33. The average Bonchev–Trinajstić information content (AvgIpc) is 2.91. The van der Waals surface area contributed by atoms with Crippen molar-refractivity contribution in [2.24, 2.45) is 0 Å². The molecule has 1 heterocycles. The fraction of sp³-hybridized carbons (Fsp3) is 0.238. The van der Waals surface area contributed by atoms with E-state index in [4.69, 9.17) is 0 Å². The fourth-order valence-electron chi connectivity index (χ4n) is 3.23. The number of nitrogens with one attached hydrogen (secondary N) is 1. The Kier molecular flexibility index (Phi) is 5.37. The number of Topliss-reactive ketones (excluding diaryl/α,β-unsaturated/α-hetero) is 1. The highest BCUT2D eigenvalue weighted by molar-refractivity contribution is 6.46. The van der Waals surface area contributed by atoms with Crippen LogP contribution in [0.15, 0.2) is 60.2 Å². The third kappa shape index (κ3) is 3.61. The van der Waals surface area contributed by atoms with Crippen LogP contribution in [-0.4, -0.2) is 48.9 Å². The molecule has 6 heteroatoms. The molecule has 1 aliphatic heterocycles. The predicted octanol–water partition coefficient (Wildman–Crippen LogP) is 1.39. The van der Waals surface area contributed by atoms with Crippen LogP contribution in [0.5, 0.6) is 0 Å². The molecule has 0 radical (unpaired) electrons. The molecular weight excluding hydrogens is 347 g/mol. The lowest BCUT2D eigenvalue weighted by atomic mass is 9.95. The van der Waals surface area contributed by atoms with Gasteiger partial charge in [0.15, 0.2) is 0 Å². The van der Waals surface area contributed by atoms with Gasteiger partial charge < -0.3 is 14.9 Å². The Labute approximate surface area is 157 Å². The van der Waals surface area contributed by atoms with Crippen LogP contribution in [0.4, 0.5) is 4.39 Å². The molecule has 0 unspecified atom stereocenters. The largest absolute Gasteiger partial charge is 0.507 e. The standard InChI is InChI=1S/C21H21FN2O3/c1-23(2)12-13-24-18(15-10-6-7-11-16(15)22)17(20(26)21(24)27)19(25)14-8-4-3-5-9-14/h3-11,18,25H,12-13H2,1-2H3/p+1/t18-/m0/s1.